The number of pyridine rings is 1. The molecule has 186 valence electrons. The van der Waals surface area contributed by atoms with E-state index < -0.39 is 17.7 Å². The van der Waals surface area contributed by atoms with Crippen LogP contribution in [0.15, 0.2) is 66.7 Å². The lowest BCUT2D eigenvalue weighted by atomic mass is 10.1. The van der Waals surface area contributed by atoms with Crippen LogP contribution in [0.2, 0.25) is 5.02 Å². The number of carbonyl (C=O) groups excluding carboxylic acids is 1. The third kappa shape index (κ3) is 7.72. The van der Waals surface area contributed by atoms with Gasteiger partial charge in [-0.3, -0.25) is 4.79 Å². The molecule has 35 heavy (non-hydrogen) atoms. The molecular formula is C24H24BrClFN3O4S. The molecule has 4 rings (SSSR count). The van der Waals surface area contributed by atoms with Crippen LogP contribution < -0.4 is 5.32 Å². The molecule has 3 heterocycles. The summed E-state index contributed by atoms with van der Waals surface area (Å²) in [6.07, 6.45) is 3.26. The van der Waals surface area contributed by atoms with Crippen molar-refractivity contribution in [3.8, 4) is 10.4 Å². The molecule has 11 heteroatoms. The van der Waals surface area contributed by atoms with Gasteiger partial charge in [-0.1, -0.05) is 45.7 Å². The Morgan fingerprint density at radius 3 is 2.37 bits per heavy atom. The van der Waals surface area contributed by atoms with E-state index in [1.54, 1.807) is 35.7 Å². The Hall–Kier alpha value is -3.05. The first-order chi connectivity index (χ1) is 16.8. The number of aromatic nitrogens is 2. The van der Waals surface area contributed by atoms with Gasteiger partial charge in [-0.05, 0) is 48.7 Å². The van der Waals surface area contributed by atoms with Gasteiger partial charge in [0.1, 0.15) is 16.9 Å². The van der Waals surface area contributed by atoms with Crippen molar-refractivity contribution in [2.45, 2.75) is 6.92 Å². The molecule has 0 aliphatic heterocycles. The minimum Gasteiger partial charge on any atom is -0.478 e. The van der Waals surface area contributed by atoms with Gasteiger partial charge in [-0.15, -0.1) is 17.9 Å². The van der Waals surface area contributed by atoms with Gasteiger partial charge in [0.05, 0.1) is 10.6 Å². The van der Waals surface area contributed by atoms with Crippen molar-refractivity contribution in [1.29, 1.82) is 0 Å². The summed E-state index contributed by atoms with van der Waals surface area (Å²) in [5.74, 6) is -0.512. The lowest BCUT2D eigenvalue weighted by Crippen LogP contribution is -2.14. The molecule has 0 fully saturated rings. The summed E-state index contributed by atoms with van der Waals surface area (Å²) in [7, 11) is 1.00. The Kier molecular flexibility index (Phi) is 12.9. The van der Waals surface area contributed by atoms with Crippen LogP contribution in [0, 0.1) is 5.82 Å². The summed E-state index contributed by atoms with van der Waals surface area (Å²) >= 11 is 10.0. The minimum absolute atomic E-state index is 0.0271. The van der Waals surface area contributed by atoms with Crippen molar-refractivity contribution >= 4 is 61.9 Å². The molecule has 0 spiro atoms. The molecule has 1 aromatic carbocycles. The number of nitrogens with zero attached hydrogens (tertiary/aromatic N) is 2. The van der Waals surface area contributed by atoms with E-state index in [2.05, 4.69) is 32.9 Å². The number of carbonyl (C=O) groups is 2. The first-order valence-electron chi connectivity index (χ1n) is 9.81. The van der Waals surface area contributed by atoms with Gasteiger partial charge in [-0.2, -0.15) is 5.10 Å². The highest BCUT2D eigenvalue weighted by Crippen LogP contribution is 2.36. The topological polar surface area (TPSA) is 104 Å². The molecule has 1 amide bonds. The highest BCUT2D eigenvalue weighted by Gasteiger charge is 2.22. The van der Waals surface area contributed by atoms with Crippen molar-refractivity contribution in [1.82, 2.24) is 9.61 Å². The number of carboxylic acid groups (broad SMARTS) is 1. The second kappa shape index (κ2) is 15.0. The summed E-state index contributed by atoms with van der Waals surface area (Å²) in [6, 6.07) is 10.8. The molecule has 0 bridgehead atoms. The average Bonchev–Trinajstić information content (AvgIpc) is 3.48. The van der Waals surface area contributed by atoms with Gasteiger partial charge in [0, 0.05) is 23.7 Å². The number of thiophene rings is 1. The standard InChI is InChI=1S/C19H11ClFN3O3S.C3H6.CH3Br.CH4O/c20-11-5-3-10(4-6-11)17-16(19(26)27)14(9-28-17)22-18(25)13-8-15-12(21)2-1-7-24(15)23-13;1-3-2;2*1-2/h1-9H,(H,22,25)(H,26,27);3H,1H2,2H3;1H3;2H,1H3. The number of aliphatic hydroxyl groups excluding tert-OH is 1. The van der Waals surface area contributed by atoms with Gasteiger partial charge in [0.15, 0.2) is 5.69 Å². The highest BCUT2D eigenvalue weighted by atomic mass is 79.9. The van der Waals surface area contributed by atoms with Crippen molar-refractivity contribution in [2.24, 2.45) is 0 Å². The highest BCUT2D eigenvalue weighted by molar-refractivity contribution is 9.08. The first kappa shape index (κ1) is 30.0. The predicted molar refractivity (Wildman–Crippen MR) is 144 cm³/mol. The summed E-state index contributed by atoms with van der Waals surface area (Å²) in [5.41, 5.74) is 0.904. The monoisotopic (exact) mass is 583 g/mol. The number of allylic oxidation sites excluding steroid dienone is 1. The van der Waals surface area contributed by atoms with Crippen molar-refractivity contribution in [3.05, 3.63) is 88.8 Å². The summed E-state index contributed by atoms with van der Waals surface area (Å²) < 4.78 is 15.0. The van der Waals surface area contributed by atoms with E-state index in [1.165, 1.54) is 40.2 Å². The molecule has 3 aromatic heterocycles. The summed E-state index contributed by atoms with van der Waals surface area (Å²) in [6.45, 7) is 5.25. The quantitative estimate of drug-likeness (QED) is 0.185. The fourth-order valence-electron chi connectivity index (χ4n) is 2.75. The Morgan fingerprint density at radius 2 is 1.83 bits per heavy atom. The molecule has 3 N–H and O–H groups in total. The van der Waals surface area contributed by atoms with Crippen molar-refractivity contribution in [3.63, 3.8) is 0 Å². The molecule has 4 aromatic rings. The first-order valence-corrected chi connectivity index (χ1v) is 12.7. The third-order valence-corrected chi connectivity index (χ3v) is 5.32. The lowest BCUT2D eigenvalue weighted by molar-refractivity contribution is 0.0699. The number of carboxylic acids is 1. The number of aliphatic hydroxyl groups is 1. The molecule has 0 saturated heterocycles. The minimum atomic E-state index is -1.18. The van der Waals surface area contributed by atoms with Gasteiger partial charge in [0.2, 0.25) is 0 Å². The van der Waals surface area contributed by atoms with E-state index in [0.29, 0.717) is 15.5 Å². The smallest absolute Gasteiger partial charge is 0.339 e. The van der Waals surface area contributed by atoms with Crippen molar-refractivity contribution in [2.75, 3.05) is 18.3 Å². The van der Waals surface area contributed by atoms with E-state index in [0.717, 1.165) is 7.11 Å². The zero-order valence-electron chi connectivity index (χ0n) is 19.1. The Balaban J connectivity index is 0.000000797. The number of nitrogens with one attached hydrogen (secondary N) is 1. The maximum Gasteiger partial charge on any atom is 0.339 e. The number of hydrogen-bond donors (Lipinski definition) is 3. The van der Waals surface area contributed by atoms with E-state index in [1.807, 2.05) is 12.8 Å². The fourth-order valence-corrected chi connectivity index (χ4v) is 3.88. The number of hydrogen-bond acceptors (Lipinski definition) is 5. The number of benzene rings is 1. The van der Waals surface area contributed by atoms with Crippen LogP contribution >= 0.6 is 38.9 Å². The molecule has 0 unspecified atom stereocenters. The van der Waals surface area contributed by atoms with Crippen LogP contribution in [-0.4, -0.2) is 44.6 Å². The number of amides is 1. The number of anilines is 1. The third-order valence-electron chi connectivity index (χ3n) is 4.04. The zero-order chi connectivity index (χ0) is 26.5. The number of halogens is 3. The second-order valence-electron chi connectivity index (χ2n) is 6.24. The van der Waals surface area contributed by atoms with Crippen LogP contribution in [0.1, 0.15) is 27.8 Å². The molecule has 0 aliphatic rings. The summed E-state index contributed by atoms with van der Waals surface area (Å²) in [4.78, 5) is 24.8. The van der Waals surface area contributed by atoms with Gasteiger partial charge < -0.3 is 15.5 Å². The largest absolute Gasteiger partial charge is 0.478 e. The normalized spacial score (nSPS) is 9.46. The van der Waals surface area contributed by atoms with Gasteiger partial charge in [0.25, 0.3) is 5.91 Å². The van der Waals surface area contributed by atoms with Crippen LogP contribution in [0.5, 0.6) is 0 Å². The van der Waals surface area contributed by atoms with Gasteiger partial charge in [-0.25, -0.2) is 13.7 Å². The van der Waals surface area contributed by atoms with E-state index in [-0.39, 0.29) is 22.5 Å². The Bertz CT molecular complexity index is 1280. The van der Waals surface area contributed by atoms with E-state index >= 15 is 0 Å². The lowest BCUT2D eigenvalue weighted by Gasteiger charge is -2.05. The predicted octanol–water partition coefficient (Wildman–Crippen LogP) is 6.62. The van der Waals surface area contributed by atoms with Crippen LogP contribution in [0.3, 0.4) is 0 Å². The molecular weight excluding hydrogens is 561 g/mol. The summed E-state index contributed by atoms with van der Waals surface area (Å²) in [5, 5.41) is 25.3. The molecule has 0 saturated carbocycles. The maximum atomic E-state index is 13.8. The second-order valence-corrected chi connectivity index (χ2v) is 7.56. The molecule has 7 nitrogen and oxygen atoms in total. The number of rotatable bonds is 4. The number of fused-ring (bicyclic) bond motifs is 1. The van der Waals surface area contributed by atoms with E-state index in [9.17, 15) is 19.1 Å². The average molecular weight is 585 g/mol. The number of alkyl halides is 1. The van der Waals surface area contributed by atoms with Crippen molar-refractivity contribution < 1.29 is 24.2 Å². The van der Waals surface area contributed by atoms with Crippen LogP contribution in [0.25, 0.3) is 16.0 Å². The molecule has 0 radical (unpaired) electrons. The molecule has 0 aliphatic carbocycles. The zero-order valence-corrected chi connectivity index (χ0v) is 22.3. The van der Waals surface area contributed by atoms with Gasteiger partial charge >= 0.3 is 5.97 Å². The Morgan fingerprint density at radius 1 is 1.23 bits per heavy atom. The fraction of sp³-hybridized carbons (Fsp3) is 0.125. The maximum absolute atomic E-state index is 13.8. The molecule has 0 atom stereocenters. The SMILES string of the molecule is C=CC.CBr.CO.O=C(Nc1csc(-c2ccc(Cl)cc2)c1C(=O)O)c1cc2c(F)cccn2n1. The van der Waals surface area contributed by atoms with Crippen LogP contribution in [0.4, 0.5) is 10.1 Å². The van der Waals surface area contributed by atoms with E-state index in [4.69, 9.17) is 16.7 Å². The number of aromatic carboxylic acids is 1. The Labute approximate surface area is 219 Å². The van der Waals surface area contributed by atoms with Crippen LogP contribution in [-0.2, 0) is 0 Å².